The van der Waals surface area contributed by atoms with E-state index in [2.05, 4.69) is 0 Å². The fraction of sp³-hybridized carbons (Fsp3) is 0.240. The van der Waals surface area contributed by atoms with E-state index in [0.717, 1.165) is 24.1 Å². The molecule has 4 rings (SSSR count). The standard InChI is InChI=1S/C25H26N2O4S/c1-2-31-22-16-14-21(15-17-22)27(32(29,30)23-11-4-3-5-12-23)19-25(28)26-18-8-10-20-9-6-7-13-24(20)26/h3-7,9,11-17H,2,8,10,18-19H2,1H3. The second-order valence-corrected chi connectivity index (χ2v) is 9.39. The molecular formula is C25H26N2O4S. The molecule has 0 saturated carbocycles. The molecule has 1 amide bonds. The summed E-state index contributed by atoms with van der Waals surface area (Å²) >= 11 is 0. The molecule has 3 aromatic carbocycles. The number of amides is 1. The van der Waals surface area contributed by atoms with Crippen LogP contribution in [-0.4, -0.2) is 34.0 Å². The quantitative estimate of drug-likeness (QED) is 0.539. The molecule has 1 aliphatic heterocycles. The van der Waals surface area contributed by atoms with Gasteiger partial charge in [0.05, 0.1) is 17.2 Å². The number of hydrogen-bond acceptors (Lipinski definition) is 4. The van der Waals surface area contributed by atoms with Crippen LogP contribution in [0.25, 0.3) is 0 Å². The fourth-order valence-corrected chi connectivity index (χ4v) is 5.35. The number of anilines is 2. The first-order chi connectivity index (χ1) is 15.5. The smallest absolute Gasteiger partial charge is 0.264 e. The van der Waals surface area contributed by atoms with Crippen molar-refractivity contribution in [3.63, 3.8) is 0 Å². The Hall–Kier alpha value is -3.32. The number of carbonyl (C=O) groups excluding carboxylic acids is 1. The van der Waals surface area contributed by atoms with Gasteiger partial charge in [0.15, 0.2) is 0 Å². The zero-order valence-corrected chi connectivity index (χ0v) is 18.8. The Kier molecular flexibility index (Phi) is 6.46. The van der Waals surface area contributed by atoms with E-state index in [0.29, 0.717) is 24.6 Å². The van der Waals surface area contributed by atoms with E-state index in [9.17, 15) is 13.2 Å². The number of sulfonamides is 1. The summed E-state index contributed by atoms with van der Waals surface area (Å²) in [5.41, 5.74) is 2.37. The van der Waals surface area contributed by atoms with E-state index in [1.54, 1.807) is 47.4 Å². The number of ether oxygens (including phenoxy) is 1. The first-order valence-electron chi connectivity index (χ1n) is 10.7. The molecule has 32 heavy (non-hydrogen) atoms. The van der Waals surface area contributed by atoms with Gasteiger partial charge in [0.25, 0.3) is 10.0 Å². The van der Waals surface area contributed by atoms with Crippen molar-refractivity contribution in [3.8, 4) is 5.75 Å². The Morgan fingerprint density at radius 3 is 2.38 bits per heavy atom. The number of benzene rings is 3. The molecule has 0 saturated heterocycles. The van der Waals surface area contributed by atoms with Crippen LogP contribution in [0, 0.1) is 0 Å². The molecule has 1 aliphatic rings. The number of rotatable bonds is 7. The third-order valence-corrected chi connectivity index (χ3v) is 7.25. The van der Waals surface area contributed by atoms with Crippen molar-refractivity contribution in [2.75, 3.05) is 28.9 Å². The predicted octanol–water partition coefficient (Wildman–Crippen LogP) is 4.26. The Morgan fingerprint density at radius 1 is 0.969 bits per heavy atom. The van der Waals surface area contributed by atoms with Gasteiger partial charge in [-0.05, 0) is 67.8 Å². The van der Waals surface area contributed by atoms with Crippen LogP contribution in [0.4, 0.5) is 11.4 Å². The number of nitrogens with zero attached hydrogens (tertiary/aromatic N) is 2. The number of carbonyl (C=O) groups is 1. The summed E-state index contributed by atoms with van der Waals surface area (Å²) in [6.45, 7) is 2.67. The van der Waals surface area contributed by atoms with Crippen LogP contribution in [0.5, 0.6) is 5.75 Å². The zero-order chi connectivity index (χ0) is 22.6. The first-order valence-corrected chi connectivity index (χ1v) is 12.1. The molecule has 6 nitrogen and oxygen atoms in total. The van der Waals surface area contributed by atoms with Crippen LogP contribution in [-0.2, 0) is 21.2 Å². The predicted molar refractivity (Wildman–Crippen MR) is 126 cm³/mol. The van der Waals surface area contributed by atoms with E-state index in [1.807, 2.05) is 31.2 Å². The van der Waals surface area contributed by atoms with E-state index in [-0.39, 0.29) is 17.3 Å². The summed E-state index contributed by atoms with van der Waals surface area (Å²) in [5, 5.41) is 0. The van der Waals surface area contributed by atoms with E-state index in [1.165, 1.54) is 16.4 Å². The van der Waals surface area contributed by atoms with Gasteiger partial charge in [-0.3, -0.25) is 9.10 Å². The van der Waals surface area contributed by atoms with Crippen molar-refractivity contribution in [1.82, 2.24) is 0 Å². The van der Waals surface area contributed by atoms with Gasteiger partial charge in [-0.1, -0.05) is 36.4 Å². The molecule has 0 N–H and O–H groups in total. The van der Waals surface area contributed by atoms with Gasteiger partial charge < -0.3 is 9.64 Å². The highest BCUT2D eigenvalue weighted by Gasteiger charge is 2.30. The minimum absolute atomic E-state index is 0.140. The zero-order valence-electron chi connectivity index (χ0n) is 18.0. The summed E-state index contributed by atoms with van der Waals surface area (Å²) in [7, 11) is -3.95. The Bertz CT molecular complexity index is 1180. The van der Waals surface area contributed by atoms with Crippen LogP contribution < -0.4 is 13.9 Å². The fourth-order valence-electron chi connectivity index (χ4n) is 3.91. The molecule has 0 atom stereocenters. The third kappa shape index (κ3) is 4.48. The second-order valence-electron chi connectivity index (χ2n) is 7.53. The van der Waals surface area contributed by atoms with Crippen LogP contribution in [0.3, 0.4) is 0 Å². The van der Waals surface area contributed by atoms with Gasteiger partial charge in [0, 0.05) is 12.2 Å². The topological polar surface area (TPSA) is 66.9 Å². The lowest BCUT2D eigenvalue weighted by atomic mass is 10.0. The lowest BCUT2D eigenvalue weighted by molar-refractivity contribution is -0.117. The lowest BCUT2D eigenvalue weighted by Crippen LogP contribution is -2.45. The molecule has 3 aromatic rings. The summed E-state index contributed by atoms with van der Waals surface area (Å²) in [6, 6.07) is 22.7. The maximum atomic E-state index is 13.5. The van der Waals surface area contributed by atoms with Gasteiger partial charge in [0.1, 0.15) is 12.3 Å². The third-order valence-electron chi connectivity index (χ3n) is 5.46. The Labute approximate surface area is 189 Å². The maximum absolute atomic E-state index is 13.5. The lowest BCUT2D eigenvalue weighted by Gasteiger charge is -2.32. The molecule has 0 spiro atoms. The Morgan fingerprint density at radius 2 is 1.66 bits per heavy atom. The van der Waals surface area contributed by atoms with Gasteiger partial charge in [-0.2, -0.15) is 0 Å². The van der Waals surface area contributed by atoms with Gasteiger partial charge in [0.2, 0.25) is 5.91 Å². The van der Waals surface area contributed by atoms with E-state index >= 15 is 0 Å². The van der Waals surface area contributed by atoms with Crippen molar-refractivity contribution >= 4 is 27.3 Å². The highest BCUT2D eigenvalue weighted by Crippen LogP contribution is 2.29. The number of fused-ring (bicyclic) bond motifs is 1. The Balaban J connectivity index is 1.69. The summed E-state index contributed by atoms with van der Waals surface area (Å²) in [4.78, 5) is 15.2. The minimum atomic E-state index is -3.95. The van der Waals surface area contributed by atoms with Gasteiger partial charge in [-0.15, -0.1) is 0 Å². The molecule has 0 aliphatic carbocycles. The largest absolute Gasteiger partial charge is 0.494 e. The molecule has 7 heteroatoms. The van der Waals surface area contributed by atoms with Gasteiger partial charge in [-0.25, -0.2) is 8.42 Å². The summed E-state index contributed by atoms with van der Waals surface area (Å²) in [6.07, 6.45) is 1.75. The minimum Gasteiger partial charge on any atom is -0.494 e. The highest BCUT2D eigenvalue weighted by molar-refractivity contribution is 7.92. The second kappa shape index (κ2) is 9.44. The monoisotopic (exact) mass is 450 g/mol. The first kappa shape index (κ1) is 21.9. The normalized spacial score (nSPS) is 13.3. The van der Waals surface area contributed by atoms with Crippen molar-refractivity contribution in [2.24, 2.45) is 0 Å². The van der Waals surface area contributed by atoms with Crippen LogP contribution >= 0.6 is 0 Å². The highest BCUT2D eigenvalue weighted by atomic mass is 32.2. The van der Waals surface area contributed by atoms with Crippen molar-refractivity contribution in [1.29, 1.82) is 0 Å². The SMILES string of the molecule is CCOc1ccc(N(CC(=O)N2CCCc3ccccc32)S(=O)(=O)c2ccccc2)cc1. The molecule has 166 valence electrons. The van der Waals surface area contributed by atoms with Crippen LogP contribution in [0.15, 0.2) is 83.8 Å². The molecule has 1 heterocycles. The number of hydrogen-bond donors (Lipinski definition) is 0. The molecule has 0 bridgehead atoms. The van der Waals surface area contributed by atoms with E-state index < -0.39 is 10.0 Å². The van der Waals surface area contributed by atoms with E-state index in [4.69, 9.17) is 4.74 Å². The van der Waals surface area contributed by atoms with Crippen molar-refractivity contribution < 1.29 is 17.9 Å². The molecule has 0 radical (unpaired) electrons. The number of aryl methyl sites for hydroxylation is 1. The average Bonchev–Trinajstić information content (AvgIpc) is 2.83. The molecular weight excluding hydrogens is 424 g/mol. The maximum Gasteiger partial charge on any atom is 0.264 e. The molecule has 0 unspecified atom stereocenters. The van der Waals surface area contributed by atoms with Crippen molar-refractivity contribution in [2.45, 2.75) is 24.7 Å². The molecule has 0 aromatic heterocycles. The van der Waals surface area contributed by atoms with Gasteiger partial charge >= 0.3 is 0 Å². The summed E-state index contributed by atoms with van der Waals surface area (Å²) < 4.78 is 33.7. The van der Waals surface area contributed by atoms with Crippen LogP contribution in [0.2, 0.25) is 0 Å². The average molecular weight is 451 g/mol. The summed E-state index contributed by atoms with van der Waals surface area (Å²) in [5.74, 6) is 0.384. The van der Waals surface area contributed by atoms with Crippen LogP contribution in [0.1, 0.15) is 18.9 Å². The number of para-hydroxylation sites is 1. The van der Waals surface area contributed by atoms with Crippen molar-refractivity contribution in [3.05, 3.63) is 84.4 Å². The molecule has 0 fully saturated rings.